The van der Waals surface area contributed by atoms with Crippen LogP contribution in [0.2, 0.25) is 0 Å². The van der Waals surface area contributed by atoms with Crippen LogP contribution < -0.4 is 4.74 Å². The number of methoxy groups -OCH3 is 1. The molecule has 21 heavy (non-hydrogen) atoms. The number of guanidine groups is 1. The van der Waals surface area contributed by atoms with Crippen LogP contribution in [0, 0.1) is 0 Å². The van der Waals surface area contributed by atoms with Crippen LogP contribution in [0.1, 0.15) is 29.9 Å². The smallest absolute Gasteiger partial charge is 0.195 e. The number of fused-ring (bicyclic) bond motifs is 1. The van der Waals surface area contributed by atoms with Crippen LogP contribution in [0.15, 0.2) is 23.2 Å². The van der Waals surface area contributed by atoms with E-state index in [1.54, 1.807) is 7.11 Å². The number of rotatable bonds is 3. The van der Waals surface area contributed by atoms with E-state index in [4.69, 9.17) is 9.73 Å². The molecule has 0 saturated carbocycles. The molecule has 1 aromatic carbocycles. The highest BCUT2D eigenvalue weighted by Gasteiger charge is 2.21. The highest BCUT2D eigenvalue weighted by molar-refractivity contribution is 5.79. The molecule has 4 heteroatoms. The number of hydrogen-bond acceptors (Lipinski definition) is 2. The maximum absolute atomic E-state index is 5.34. The second kappa shape index (κ2) is 6.83. The molecular weight excluding hydrogens is 262 g/mol. The van der Waals surface area contributed by atoms with Crippen molar-refractivity contribution >= 4 is 5.96 Å². The van der Waals surface area contributed by atoms with Gasteiger partial charge in [-0.25, -0.2) is 0 Å². The van der Waals surface area contributed by atoms with Gasteiger partial charge in [-0.1, -0.05) is 6.07 Å². The van der Waals surface area contributed by atoms with E-state index in [9.17, 15) is 0 Å². The second-order valence-electron chi connectivity index (χ2n) is 6.08. The fraction of sp³-hybridized carbons (Fsp3) is 0.588. The van der Waals surface area contributed by atoms with Crippen LogP contribution >= 0.6 is 0 Å². The van der Waals surface area contributed by atoms with E-state index in [2.05, 4.69) is 28.0 Å². The molecule has 0 fully saturated rings. The fourth-order valence-corrected chi connectivity index (χ4v) is 3.08. The number of aliphatic imine (C=N–C) groups is 1. The number of benzene rings is 1. The Morgan fingerprint density at radius 1 is 1.24 bits per heavy atom. The Morgan fingerprint density at radius 2 is 1.95 bits per heavy atom. The second-order valence-corrected chi connectivity index (χ2v) is 6.08. The van der Waals surface area contributed by atoms with Crippen molar-refractivity contribution in [2.24, 2.45) is 4.99 Å². The summed E-state index contributed by atoms with van der Waals surface area (Å²) in [4.78, 5) is 8.96. The zero-order valence-corrected chi connectivity index (χ0v) is 13.9. The molecule has 1 atom stereocenters. The summed E-state index contributed by atoms with van der Waals surface area (Å²) < 4.78 is 5.34. The van der Waals surface area contributed by atoms with Gasteiger partial charge in [0.2, 0.25) is 0 Å². The van der Waals surface area contributed by atoms with Gasteiger partial charge in [-0.3, -0.25) is 4.99 Å². The van der Waals surface area contributed by atoms with Gasteiger partial charge in [-0.15, -0.1) is 0 Å². The topological polar surface area (TPSA) is 28.1 Å². The Kier molecular flexibility index (Phi) is 5.10. The molecule has 0 saturated heterocycles. The van der Waals surface area contributed by atoms with Gasteiger partial charge >= 0.3 is 0 Å². The van der Waals surface area contributed by atoms with Crippen molar-refractivity contribution in [3.63, 3.8) is 0 Å². The average Bonchev–Trinajstić information content (AvgIpc) is 2.46. The Morgan fingerprint density at radius 3 is 2.57 bits per heavy atom. The summed E-state index contributed by atoms with van der Waals surface area (Å²) in [6.07, 6.45) is 3.61. The molecule has 0 N–H and O–H groups in total. The molecule has 1 aliphatic rings. The first kappa shape index (κ1) is 15.7. The average molecular weight is 289 g/mol. The highest BCUT2D eigenvalue weighted by atomic mass is 16.5. The first-order valence-corrected chi connectivity index (χ1v) is 7.59. The van der Waals surface area contributed by atoms with Crippen LogP contribution in [0.25, 0.3) is 0 Å². The summed E-state index contributed by atoms with van der Waals surface area (Å²) in [5, 5.41) is 0. The minimum absolute atomic E-state index is 0.523. The number of hydrogen-bond donors (Lipinski definition) is 0. The van der Waals surface area contributed by atoms with Crippen molar-refractivity contribution in [2.75, 3.05) is 41.8 Å². The molecule has 0 radical (unpaired) electrons. The third kappa shape index (κ3) is 3.69. The van der Waals surface area contributed by atoms with Crippen LogP contribution in [-0.2, 0) is 6.42 Å². The molecule has 2 rings (SSSR count). The quantitative estimate of drug-likeness (QED) is 0.632. The van der Waals surface area contributed by atoms with Gasteiger partial charge in [-0.2, -0.15) is 0 Å². The van der Waals surface area contributed by atoms with Crippen LogP contribution in [-0.4, -0.2) is 57.6 Å². The monoisotopic (exact) mass is 289 g/mol. The lowest BCUT2D eigenvalue weighted by molar-refractivity contribution is 0.413. The predicted molar refractivity (Wildman–Crippen MR) is 88.3 cm³/mol. The summed E-state index contributed by atoms with van der Waals surface area (Å²) in [6.45, 7) is 0.852. The van der Waals surface area contributed by atoms with Crippen molar-refractivity contribution in [3.8, 4) is 5.75 Å². The van der Waals surface area contributed by atoms with E-state index in [0.29, 0.717) is 5.92 Å². The van der Waals surface area contributed by atoms with Crippen LogP contribution in [0.5, 0.6) is 5.75 Å². The standard InChI is InChI=1S/C17H27N3O/c1-19(2)17(20(3)4)18-12-14-8-6-7-13-11-15(21-5)9-10-16(13)14/h9-11,14H,6-8,12H2,1-5H3. The molecule has 1 unspecified atom stereocenters. The zero-order chi connectivity index (χ0) is 15.4. The van der Waals surface area contributed by atoms with E-state index >= 15 is 0 Å². The third-order valence-electron chi connectivity index (χ3n) is 4.04. The summed E-state index contributed by atoms with van der Waals surface area (Å²) in [5.41, 5.74) is 2.87. The minimum atomic E-state index is 0.523. The van der Waals surface area contributed by atoms with Gasteiger partial charge in [0.15, 0.2) is 5.96 Å². The van der Waals surface area contributed by atoms with Crippen LogP contribution in [0.4, 0.5) is 0 Å². The Hall–Kier alpha value is -1.71. The molecule has 4 nitrogen and oxygen atoms in total. The SMILES string of the molecule is COc1ccc2c(c1)CCCC2CN=C(N(C)C)N(C)C. The maximum Gasteiger partial charge on any atom is 0.195 e. The summed E-state index contributed by atoms with van der Waals surface area (Å²) in [5.74, 6) is 2.50. The van der Waals surface area contributed by atoms with Crippen LogP contribution in [0.3, 0.4) is 0 Å². The fourth-order valence-electron chi connectivity index (χ4n) is 3.08. The van der Waals surface area contributed by atoms with Crippen molar-refractivity contribution in [1.29, 1.82) is 0 Å². The molecule has 0 bridgehead atoms. The Bertz CT molecular complexity index is 499. The molecule has 0 amide bonds. The molecular formula is C17H27N3O. The lowest BCUT2D eigenvalue weighted by Crippen LogP contribution is -2.35. The van der Waals surface area contributed by atoms with Gasteiger partial charge in [0, 0.05) is 40.7 Å². The van der Waals surface area contributed by atoms with Gasteiger partial charge < -0.3 is 14.5 Å². The van der Waals surface area contributed by atoms with Crippen molar-refractivity contribution in [3.05, 3.63) is 29.3 Å². The molecule has 1 aromatic rings. The van der Waals surface area contributed by atoms with E-state index in [1.165, 1.54) is 24.0 Å². The number of aryl methyl sites for hydroxylation is 1. The van der Waals surface area contributed by atoms with Gasteiger partial charge in [0.1, 0.15) is 5.75 Å². The minimum Gasteiger partial charge on any atom is -0.497 e. The summed E-state index contributed by atoms with van der Waals surface area (Å²) in [7, 11) is 9.89. The van der Waals surface area contributed by atoms with Crippen molar-refractivity contribution in [1.82, 2.24) is 9.80 Å². The first-order chi connectivity index (χ1) is 10.0. The van der Waals surface area contributed by atoms with E-state index in [-0.39, 0.29) is 0 Å². The molecule has 0 aromatic heterocycles. The van der Waals surface area contributed by atoms with Gasteiger partial charge in [-0.05, 0) is 42.5 Å². The predicted octanol–water partition coefficient (Wildman–Crippen LogP) is 2.59. The molecule has 0 spiro atoms. The van der Waals surface area contributed by atoms with Crippen molar-refractivity contribution in [2.45, 2.75) is 25.2 Å². The van der Waals surface area contributed by atoms with Gasteiger partial charge in [0.25, 0.3) is 0 Å². The van der Waals surface area contributed by atoms with Crippen molar-refractivity contribution < 1.29 is 4.74 Å². The number of ether oxygens (including phenoxy) is 1. The highest BCUT2D eigenvalue weighted by Crippen LogP contribution is 2.34. The summed E-state index contributed by atoms with van der Waals surface area (Å²) in [6, 6.07) is 6.47. The molecule has 1 aliphatic carbocycles. The van der Waals surface area contributed by atoms with E-state index in [1.807, 2.05) is 28.2 Å². The zero-order valence-electron chi connectivity index (χ0n) is 13.9. The molecule has 116 valence electrons. The Labute approximate surface area is 128 Å². The third-order valence-corrected chi connectivity index (χ3v) is 4.04. The van der Waals surface area contributed by atoms with Gasteiger partial charge in [0.05, 0.1) is 7.11 Å². The first-order valence-electron chi connectivity index (χ1n) is 7.59. The van der Waals surface area contributed by atoms with E-state index in [0.717, 1.165) is 24.7 Å². The largest absolute Gasteiger partial charge is 0.497 e. The summed E-state index contributed by atoms with van der Waals surface area (Å²) >= 11 is 0. The maximum atomic E-state index is 5.34. The lowest BCUT2D eigenvalue weighted by Gasteiger charge is -2.27. The van der Waals surface area contributed by atoms with E-state index < -0.39 is 0 Å². The Balaban J connectivity index is 2.18. The molecule has 0 heterocycles. The molecule has 0 aliphatic heterocycles. The number of nitrogens with zero attached hydrogens (tertiary/aromatic N) is 3. The lowest BCUT2D eigenvalue weighted by atomic mass is 9.83. The normalized spacial score (nSPS) is 16.9.